The van der Waals surface area contributed by atoms with Gasteiger partial charge in [-0.1, -0.05) is 37.4 Å². The van der Waals surface area contributed by atoms with E-state index in [1.54, 1.807) is 12.1 Å². The number of aliphatic hydroxyl groups excluding tert-OH is 1. The average Bonchev–Trinajstić information content (AvgIpc) is 2.81. The van der Waals surface area contributed by atoms with Crippen LogP contribution in [-0.2, 0) is 6.42 Å². The molecule has 0 aliphatic heterocycles. The van der Waals surface area contributed by atoms with Crippen LogP contribution in [-0.4, -0.2) is 11.2 Å². The monoisotopic (exact) mass is 270 g/mol. The van der Waals surface area contributed by atoms with Gasteiger partial charge in [-0.15, -0.1) is 0 Å². The Morgan fingerprint density at radius 2 is 2.22 bits per heavy atom. The van der Waals surface area contributed by atoms with Crippen molar-refractivity contribution < 1.29 is 9.50 Å². The van der Waals surface area contributed by atoms with Crippen molar-refractivity contribution in [2.75, 3.05) is 0 Å². The molecular weight excluding hydrogens is 251 g/mol. The number of aliphatic hydroxyl groups is 1. The van der Waals surface area contributed by atoms with Gasteiger partial charge in [0.15, 0.2) is 0 Å². The molecule has 1 aromatic carbocycles. The molecule has 3 heteroatoms. The Kier molecular flexibility index (Phi) is 4.63. The topological polar surface area (TPSA) is 20.2 Å². The van der Waals surface area contributed by atoms with Crippen molar-refractivity contribution in [3.63, 3.8) is 0 Å². The van der Waals surface area contributed by atoms with E-state index in [0.717, 1.165) is 18.8 Å². The van der Waals surface area contributed by atoms with Crippen LogP contribution in [0.5, 0.6) is 0 Å². The third-order valence-electron chi connectivity index (χ3n) is 4.15. The number of hydrogen-bond donors (Lipinski definition) is 1. The fraction of sp³-hybridized carbons (Fsp3) is 0.600. The van der Waals surface area contributed by atoms with Crippen molar-refractivity contribution in [3.8, 4) is 0 Å². The summed E-state index contributed by atoms with van der Waals surface area (Å²) in [6, 6.07) is 4.66. The quantitative estimate of drug-likeness (QED) is 0.869. The molecule has 0 amide bonds. The van der Waals surface area contributed by atoms with Crippen molar-refractivity contribution in [1.29, 1.82) is 0 Å². The lowest BCUT2D eigenvalue weighted by Crippen LogP contribution is -2.21. The minimum Gasteiger partial charge on any atom is -0.392 e. The van der Waals surface area contributed by atoms with Crippen LogP contribution < -0.4 is 0 Å². The lowest BCUT2D eigenvalue weighted by molar-refractivity contribution is 0.107. The molecule has 1 aromatic rings. The van der Waals surface area contributed by atoms with Crippen LogP contribution in [0.1, 0.15) is 38.2 Å². The van der Waals surface area contributed by atoms with Crippen molar-refractivity contribution in [2.45, 2.75) is 45.1 Å². The Morgan fingerprint density at radius 3 is 2.83 bits per heavy atom. The SMILES string of the molecule is CCC1CCC(C(O)Cc2ccc(Cl)cc2F)C1. The first-order valence-electron chi connectivity index (χ1n) is 6.72. The van der Waals surface area contributed by atoms with E-state index in [-0.39, 0.29) is 5.82 Å². The summed E-state index contributed by atoms with van der Waals surface area (Å²) in [5.74, 6) is 0.747. The van der Waals surface area contributed by atoms with E-state index < -0.39 is 6.10 Å². The van der Waals surface area contributed by atoms with Gasteiger partial charge in [0.2, 0.25) is 0 Å². The van der Waals surface area contributed by atoms with Crippen LogP contribution in [0.25, 0.3) is 0 Å². The van der Waals surface area contributed by atoms with Crippen molar-refractivity contribution >= 4 is 11.6 Å². The molecule has 1 N–H and O–H groups in total. The summed E-state index contributed by atoms with van der Waals surface area (Å²) < 4.78 is 13.6. The van der Waals surface area contributed by atoms with E-state index in [1.807, 2.05) is 0 Å². The molecule has 1 fully saturated rings. The summed E-state index contributed by atoms with van der Waals surface area (Å²) in [6.45, 7) is 2.19. The van der Waals surface area contributed by atoms with E-state index in [4.69, 9.17) is 11.6 Å². The predicted molar refractivity (Wildman–Crippen MR) is 72.2 cm³/mol. The maximum atomic E-state index is 13.6. The third-order valence-corrected chi connectivity index (χ3v) is 4.38. The Labute approximate surface area is 113 Å². The van der Waals surface area contributed by atoms with E-state index >= 15 is 0 Å². The highest BCUT2D eigenvalue weighted by Gasteiger charge is 2.29. The standard InChI is InChI=1S/C15H20ClFO/c1-2-10-3-4-12(7-10)15(18)8-11-5-6-13(16)9-14(11)17/h5-6,9-10,12,15,18H,2-4,7-8H2,1H3. The molecule has 0 saturated heterocycles. The first kappa shape index (κ1) is 13.8. The van der Waals surface area contributed by atoms with Gasteiger partial charge in [-0.3, -0.25) is 0 Å². The van der Waals surface area contributed by atoms with Gasteiger partial charge in [0.25, 0.3) is 0 Å². The Balaban J connectivity index is 1.97. The zero-order valence-electron chi connectivity index (χ0n) is 10.7. The second-order valence-electron chi connectivity index (χ2n) is 5.35. The molecule has 0 radical (unpaired) electrons. The highest BCUT2D eigenvalue weighted by Crippen LogP contribution is 2.35. The summed E-state index contributed by atoms with van der Waals surface area (Å²) in [4.78, 5) is 0. The van der Waals surface area contributed by atoms with Crippen molar-refractivity contribution in [2.24, 2.45) is 11.8 Å². The fourth-order valence-corrected chi connectivity index (χ4v) is 3.07. The molecule has 1 aliphatic carbocycles. The number of hydrogen-bond acceptors (Lipinski definition) is 1. The first-order valence-corrected chi connectivity index (χ1v) is 7.10. The molecule has 0 aromatic heterocycles. The van der Waals surface area contributed by atoms with Gasteiger partial charge >= 0.3 is 0 Å². The fourth-order valence-electron chi connectivity index (χ4n) is 2.91. The lowest BCUT2D eigenvalue weighted by atomic mass is 9.93. The summed E-state index contributed by atoms with van der Waals surface area (Å²) in [5.41, 5.74) is 0.562. The highest BCUT2D eigenvalue weighted by molar-refractivity contribution is 6.30. The van der Waals surface area contributed by atoms with Crippen LogP contribution in [0.15, 0.2) is 18.2 Å². The minimum absolute atomic E-state index is 0.313. The van der Waals surface area contributed by atoms with Crippen LogP contribution in [0.2, 0.25) is 5.02 Å². The highest BCUT2D eigenvalue weighted by atomic mass is 35.5. The summed E-state index contributed by atoms with van der Waals surface area (Å²) in [6.07, 6.45) is 4.48. The molecule has 1 saturated carbocycles. The van der Waals surface area contributed by atoms with E-state index in [9.17, 15) is 9.50 Å². The zero-order valence-corrected chi connectivity index (χ0v) is 11.5. The molecule has 100 valence electrons. The van der Waals surface area contributed by atoms with Crippen molar-refractivity contribution in [3.05, 3.63) is 34.6 Å². The molecular formula is C15H20ClFO. The van der Waals surface area contributed by atoms with Crippen LogP contribution in [0.3, 0.4) is 0 Å². The van der Waals surface area contributed by atoms with Gasteiger partial charge < -0.3 is 5.11 Å². The van der Waals surface area contributed by atoms with Gasteiger partial charge in [-0.2, -0.15) is 0 Å². The maximum absolute atomic E-state index is 13.6. The largest absolute Gasteiger partial charge is 0.392 e. The van der Waals surface area contributed by atoms with Gasteiger partial charge in [0.05, 0.1) is 6.10 Å². The van der Waals surface area contributed by atoms with E-state index in [1.165, 1.54) is 18.9 Å². The first-order chi connectivity index (χ1) is 8.60. The smallest absolute Gasteiger partial charge is 0.127 e. The Hall–Kier alpha value is -0.600. The number of benzene rings is 1. The normalized spacial score (nSPS) is 25.3. The molecule has 3 atom stereocenters. The van der Waals surface area contributed by atoms with Crippen LogP contribution in [0.4, 0.5) is 4.39 Å². The molecule has 1 aliphatic rings. The molecule has 0 heterocycles. The Bertz CT molecular complexity index is 407. The lowest BCUT2D eigenvalue weighted by Gasteiger charge is -2.18. The van der Waals surface area contributed by atoms with E-state index in [0.29, 0.717) is 22.9 Å². The molecule has 1 nitrogen and oxygen atoms in total. The Morgan fingerprint density at radius 1 is 1.44 bits per heavy atom. The van der Waals surface area contributed by atoms with Gasteiger partial charge in [0.1, 0.15) is 5.82 Å². The number of rotatable bonds is 4. The second kappa shape index (κ2) is 6.03. The third kappa shape index (κ3) is 3.24. The van der Waals surface area contributed by atoms with Gasteiger partial charge in [-0.25, -0.2) is 4.39 Å². The summed E-state index contributed by atoms with van der Waals surface area (Å²) >= 11 is 5.72. The minimum atomic E-state index is -0.433. The van der Waals surface area contributed by atoms with Crippen molar-refractivity contribution in [1.82, 2.24) is 0 Å². The molecule has 18 heavy (non-hydrogen) atoms. The van der Waals surface area contributed by atoms with Gasteiger partial charge in [0, 0.05) is 11.4 Å². The zero-order chi connectivity index (χ0) is 13.1. The molecule has 2 rings (SSSR count). The molecule has 0 bridgehead atoms. The van der Waals surface area contributed by atoms with Crippen LogP contribution in [0, 0.1) is 17.7 Å². The predicted octanol–water partition coefficient (Wildman–Crippen LogP) is 4.21. The van der Waals surface area contributed by atoms with E-state index in [2.05, 4.69) is 6.92 Å². The second-order valence-corrected chi connectivity index (χ2v) is 5.79. The summed E-state index contributed by atoms with van der Waals surface area (Å²) in [7, 11) is 0. The molecule has 3 unspecified atom stereocenters. The molecule has 0 spiro atoms. The average molecular weight is 271 g/mol. The maximum Gasteiger partial charge on any atom is 0.127 e. The van der Waals surface area contributed by atoms with Crippen LogP contribution >= 0.6 is 11.6 Å². The summed E-state index contributed by atoms with van der Waals surface area (Å²) in [5, 5.41) is 10.6. The number of halogens is 2. The van der Waals surface area contributed by atoms with Gasteiger partial charge in [-0.05, 0) is 42.4 Å².